The van der Waals surface area contributed by atoms with Crippen LogP contribution in [0.2, 0.25) is 0 Å². The van der Waals surface area contributed by atoms with E-state index in [0.29, 0.717) is 0 Å². The maximum Gasteiger partial charge on any atom is 0.357 e. The number of halogens is 2. The van der Waals surface area contributed by atoms with Gasteiger partial charge in [-0.25, -0.2) is 13.6 Å². The summed E-state index contributed by atoms with van der Waals surface area (Å²) in [5, 5.41) is 8.96. The highest BCUT2D eigenvalue weighted by molar-refractivity contribution is 5.95. The third kappa shape index (κ3) is 2.21. The molecule has 1 aromatic heterocycles. The Labute approximate surface area is 119 Å². The van der Waals surface area contributed by atoms with E-state index in [-0.39, 0.29) is 28.2 Å². The number of nitriles is 1. The zero-order chi connectivity index (χ0) is 15.7. The predicted octanol–water partition coefficient (Wildman–Crippen LogP) is 2.30. The Balaban J connectivity index is 2.79. The number of hydrogen-bond donors (Lipinski definition) is 1. The smallest absolute Gasteiger partial charge is 0.357 e. The standard InChI is InChI=1S/C14H11F2N3O2/c1-7-3-4-9(11(16)10(7)15)19-6-8(5-17)12(18)13(19)14(20)21-2/h3-4,6H,18H2,1-2H3. The van der Waals surface area contributed by atoms with E-state index in [2.05, 4.69) is 4.74 Å². The fourth-order valence-electron chi connectivity index (χ4n) is 1.93. The number of rotatable bonds is 2. The van der Waals surface area contributed by atoms with Crippen molar-refractivity contribution in [2.75, 3.05) is 12.8 Å². The summed E-state index contributed by atoms with van der Waals surface area (Å²) in [6.45, 7) is 1.41. The lowest BCUT2D eigenvalue weighted by Gasteiger charge is -2.10. The van der Waals surface area contributed by atoms with Crippen molar-refractivity contribution in [3.8, 4) is 11.8 Å². The summed E-state index contributed by atoms with van der Waals surface area (Å²) in [7, 11) is 1.12. The lowest BCUT2D eigenvalue weighted by atomic mass is 10.2. The summed E-state index contributed by atoms with van der Waals surface area (Å²) < 4.78 is 33.3. The van der Waals surface area contributed by atoms with Gasteiger partial charge < -0.3 is 15.0 Å². The van der Waals surface area contributed by atoms with Crippen molar-refractivity contribution in [2.45, 2.75) is 6.92 Å². The van der Waals surface area contributed by atoms with Crippen LogP contribution in [-0.4, -0.2) is 17.6 Å². The van der Waals surface area contributed by atoms with Crippen molar-refractivity contribution in [1.29, 1.82) is 5.26 Å². The number of esters is 1. The first-order valence-electron chi connectivity index (χ1n) is 5.86. The van der Waals surface area contributed by atoms with Crippen LogP contribution in [0.15, 0.2) is 18.3 Å². The molecule has 1 heterocycles. The van der Waals surface area contributed by atoms with E-state index in [1.165, 1.54) is 19.1 Å². The summed E-state index contributed by atoms with van der Waals surface area (Å²) in [5.74, 6) is -3.02. The van der Waals surface area contributed by atoms with Crippen LogP contribution in [0.3, 0.4) is 0 Å². The summed E-state index contributed by atoms with van der Waals surface area (Å²) >= 11 is 0. The number of methoxy groups -OCH3 is 1. The third-order valence-electron chi connectivity index (χ3n) is 3.06. The molecule has 1 aromatic carbocycles. The molecule has 2 aromatic rings. The molecule has 108 valence electrons. The van der Waals surface area contributed by atoms with E-state index in [1.807, 2.05) is 0 Å². The number of nitrogens with zero attached hydrogens (tertiary/aromatic N) is 2. The average Bonchev–Trinajstić information content (AvgIpc) is 2.80. The first kappa shape index (κ1) is 14.5. The molecular formula is C14H11F2N3O2. The molecule has 2 rings (SSSR count). The van der Waals surface area contributed by atoms with Crippen LogP contribution in [0.1, 0.15) is 21.6 Å². The van der Waals surface area contributed by atoms with E-state index >= 15 is 0 Å². The fourth-order valence-corrected chi connectivity index (χ4v) is 1.93. The summed E-state index contributed by atoms with van der Waals surface area (Å²) in [4.78, 5) is 11.8. The fraction of sp³-hybridized carbons (Fsp3) is 0.143. The van der Waals surface area contributed by atoms with Gasteiger partial charge in [-0.2, -0.15) is 5.26 Å². The first-order chi connectivity index (χ1) is 9.92. The number of aryl methyl sites for hydroxylation is 1. The minimum atomic E-state index is -1.14. The molecule has 2 N–H and O–H groups in total. The third-order valence-corrected chi connectivity index (χ3v) is 3.06. The van der Waals surface area contributed by atoms with Crippen LogP contribution >= 0.6 is 0 Å². The van der Waals surface area contributed by atoms with Gasteiger partial charge in [0, 0.05) is 6.20 Å². The second-order valence-corrected chi connectivity index (χ2v) is 4.31. The first-order valence-corrected chi connectivity index (χ1v) is 5.86. The maximum atomic E-state index is 14.1. The molecular weight excluding hydrogens is 280 g/mol. The molecule has 0 radical (unpaired) electrons. The Morgan fingerprint density at radius 2 is 2.05 bits per heavy atom. The minimum Gasteiger partial charge on any atom is -0.464 e. The second kappa shape index (κ2) is 5.25. The predicted molar refractivity (Wildman–Crippen MR) is 70.9 cm³/mol. The SMILES string of the molecule is COC(=O)c1c(N)c(C#N)cn1-c1ccc(C)c(F)c1F. The zero-order valence-electron chi connectivity index (χ0n) is 11.3. The van der Waals surface area contributed by atoms with Gasteiger partial charge in [-0.15, -0.1) is 0 Å². The lowest BCUT2D eigenvalue weighted by Crippen LogP contribution is -2.12. The largest absolute Gasteiger partial charge is 0.464 e. The van der Waals surface area contributed by atoms with Gasteiger partial charge in [-0.3, -0.25) is 0 Å². The molecule has 0 atom stereocenters. The van der Waals surface area contributed by atoms with Crippen molar-refractivity contribution >= 4 is 11.7 Å². The number of nitrogens with two attached hydrogens (primary N) is 1. The highest BCUT2D eigenvalue weighted by atomic mass is 19.2. The molecule has 7 heteroatoms. The highest BCUT2D eigenvalue weighted by Crippen LogP contribution is 2.27. The number of nitrogen functional groups attached to an aromatic ring is 1. The van der Waals surface area contributed by atoms with Crippen molar-refractivity contribution in [1.82, 2.24) is 4.57 Å². The number of carbonyl (C=O) groups is 1. The van der Waals surface area contributed by atoms with Gasteiger partial charge in [0.2, 0.25) is 0 Å². The number of hydrogen-bond acceptors (Lipinski definition) is 4. The second-order valence-electron chi connectivity index (χ2n) is 4.31. The molecule has 0 fully saturated rings. The molecule has 0 saturated carbocycles. The summed E-state index contributed by atoms with van der Waals surface area (Å²) in [6, 6.07) is 4.43. The van der Waals surface area contributed by atoms with E-state index in [0.717, 1.165) is 17.9 Å². The number of benzene rings is 1. The zero-order valence-corrected chi connectivity index (χ0v) is 11.3. The number of anilines is 1. The molecule has 0 aliphatic carbocycles. The van der Waals surface area contributed by atoms with Crippen molar-refractivity contribution in [3.05, 3.63) is 46.8 Å². The van der Waals surface area contributed by atoms with Crippen molar-refractivity contribution in [3.63, 3.8) is 0 Å². The normalized spacial score (nSPS) is 10.2. The van der Waals surface area contributed by atoms with Gasteiger partial charge >= 0.3 is 5.97 Å². The molecule has 5 nitrogen and oxygen atoms in total. The van der Waals surface area contributed by atoms with Gasteiger partial charge in [-0.1, -0.05) is 6.07 Å². The lowest BCUT2D eigenvalue weighted by molar-refractivity contribution is 0.0593. The maximum absolute atomic E-state index is 14.1. The Hall–Kier alpha value is -2.88. The molecule has 0 saturated heterocycles. The molecule has 0 aliphatic rings. The van der Waals surface area contributed by atoms with Crippen LogP contribution < -0.4 is 5.73 Å². The van der Waals surface area contributed by atoms with Crippen LogP contribution in [0.5, 0.6) is 0 Å². The van der Waals surface area contributed by atoms with Crippen LogP contribution in [0, 0.1) is 29.9 Å². The topological polar surface area (TPSA) is 81.0 Å². The number of carbonyl (C=O) groups excluding carboxylic acids is 1. The Kier molecular flexibility index (Phi) is 3.63. The molecule has 0 unspecified atom stereocenters. The molecule has 0 amide bonds. The monoisotopic (exact) mass is 291 g/mol. The van der Waals surface area contributed by atoms with Gasteiger partial charge in [0.1, 0.15) is 6.07 Å². The van der Waals surface area contributed by atoms with Crippen LogP contribution in [0.4, 0.5) is 14.5 Å². The Morgan fingerprint density at radius 3 is 2.62 bits per heavy atom. The summed E-state index contributed by atoms with van der Waals surface area (Å²) in [6.07, 6.45) is 1.16. The van der Waals surface area contributed by atoms with Crippen LogP contribution in [-0.2, 0) is 4.74 Å². The Bertz CT molecular complexity index is 776. The number of ether oxygens (including phenoxy) is 1. The summed E-state index contributed by atoms with van der Waals surface area (Å²) in [5.41, 5.74) is 5.17. The number of aromatic nitrogens is 1. The van der Waals surface area contributed by atoms with Gasteiger partial charge in [-0.05, 0) is 18.6 Å². The minimum absolute atomic E-state index is 0.0317. The van der Waals surface area contributed by atoms with E-state index in [9.17, 15) is 13.6 Å². The van der Waals surface area contributed by atoms with Gasteiger partial charge in [0.15, 0.2) is 17.3 Å². The molecule has 0 bridgehead atoms. The van der Waals surface area contributed by atoms with Crippen molar-refractivity contribution in [2.24, 2.45) is 0 Å². The van der Waals surface area contributed by atoms with Gasteiger partial charge in [0.05, 0.1) is 24.0 Å². The molecule has 0 spiro atoms. The average molecular weight is 291 g/mol. The molecule has 21 heavy (non-hydrogen) atoms. The highest BCUT2D eigenvalue weighted by Gasteiger charge is 2.24. The van der Waals surface area contributed by atoms with Gasteiger partial charge in [0.25, 0.3) is 0 Å². The van der Waals surface area contributed by atoms with Crippen LogP contribution in [0.25, 0.3) is 5.69 Å². The van der Waals surface area contributed by atoms with Crippen molar-refractivity contribution < 1.29 is 18.3 Å². The van der Waals surface area contributed by atoms with E-state index in [4.69, 9.17) is 11.0 Å². The molecule has 0 aliphatic heterocycles. The van der Waals surface area contributed by atoms with E-state index < -0.39 is 17.6 Å². The van der Waals surface area contributed by atoms with E-state index in [1.54, 1.807) is 6.07 Å². The quantitative estimate of drug-likeness (QED) is 0.861. The Morgan fingerprint density at radius 1 is 1.38 bits per heavy atom.